The topological polar surface area (TPSA) is 90.5 Å². The molecule has 1 aromatic heterocycles. The van der Waals surface area contributed by atoms with Crippen molar-refractivity contribution in [2.45, 2.75) is 45.3 Å². The number of aryl methyl sites for hydroxylation is 1. The molecule has 2 heterocycles. The van der Waals surface area contributed by atoms with Crippen LogP contribution in [0.15, 0.2) is 48.5 Å². The van der Waals surface area contributed by atoms with Gasteiger partial charge in [0, 0.05) is 22.0 Å². The molecule has 2 aromatic carbocycles. The highest BCUT2D eigenvalue weighted by Crippen LogP contribution is 2.34. The zero-order chi connectivity index (χ0) is 25.8. The Labute approximate surface area is 237 Å². The summed E-state index contributed by atoms with van der Waals surface area (Å²) in [5.41, 5.74) is 3.57. The van der Waals surface area contributed by atoms with Crippen LogP contribution in [-0.2, 0) is 22.6 Å². The second-order valence-corrected chi connectivity index (χ2v) is 11.4. The van der Waals surface area contributed by atoms with E-state index in [-0.39, 0.29) is 42.6 Å². The van der Waals surface area contributed by atoms with E-state index in [0.29, 0.717) is 28.5 Å². The van der Waals surface area contributed by atoms with Crippen LogP contribution < -0.4 is 16.0 Å². The highest BCUT2D eigenvalue weighted by Gasteiger charge is 2.31. The summed E-state index contributed by atoms with van der Waals surface area (Å²) in [4.78, 5) is 26.5. The molecule has 1 saturated heterocycles. The summed E-state index contributed by atoms with van der Waals surface area (Å²) < 4.78 is 0.761. The molecular formula is C27H30Cl3N3O3S. The van der Waals surface area contributed by atoms with Crippen molar-refractivity contribution in [2.75, 3.05) is 6.54 Å². The summed E-state index contributed by atoms with van der Waals surface area (Å²) >= 11 is 13.8. The van der Waals surface area contributed by atoms with Gasteiger partial charge < -0.3 is 21.1 Å². The van der Waals surface area contributed by atoms with Crippen LogP contribution in [0.4, 0.5) is 0 Å². The summed E-state index contributed by atoms with van der Waals surface area (Å²) in [5, 5.41) is 19.5. The van der Waals surface area contributed by atoms with Crippen LogP contribution in [-0.4, -0.2) is 35.5 Å². The number of rotatable bonds is 8. The lowest BCUT2D eigenvalue weighted by atomic mass is 9.93. The normalized spacial score (nSPS) is 17.6. The summed E-state index contributed by atoms with van der Waals surface area (Å²) in [7, 11) is 0. The SMILES string of the molecule is Cc1cc(Cl)cc(CNC(=O)[C@H](C)NC(=O)[C@H]2C[C@H](Cc3ccccc3-c3ccc(Cl)s3)CN2)c1O.Cl. The van der Waals surface area contributed by atoms with E-state index in [1.165, 1.54) is 11.1 Å². The van der Waals surface area contributed by atoms with Gasteiger partial charge in [-0.1, -0.05) is 47.5 Å². The number of carbonyl (C=O) groups is 2. The van der Waals surface area contributed by atoms with Crippen molar-refractivity contribution >= 4 is 58.8 Å². The number of amides is 2. The Kier molecular flexibility index (Phi) is 10.3. The van der Waals surface area contributed by atoms with Crippen LogP contribution in [0, 0.1) is 12.8 Å². The first-order valence-corrected chi connectivity index (χ1v) is 13.4. The second-order valence-electron chi connectivity index (χ2n) is 9.21. The number of hydrogen-bond donors (Lipinski definition) is 4. The van der Waals surface area contributed by atoms with Crippen molar-refractivity contribution in [3.8, 4) is 16.2 Å². The summed E-state index contributed by atoms with van der Waals surface area (Å²) in [5.74, 6) is -0.129. The molecule has 0 unspecified atom stereocenters. The van der Waals surface area contributed by atoms with Gasteiger partial charge in [0.05, 0.1) is 10.4 Å². The second kappa shape index (κ2) is 13.0. The number of aromatic hydroxyl groups is 1. The summed E-state index contributed by atoms with van der Waals surface area (Å²) in [6.07, 6.45) is 1.54. The largest absolute Gasteiger partial charge is 0.507 e. The molecule has 3 aromatic rings. The number of thiophene rings is 1. The Balaban J connectivity index is 0.00000380. The molecule has 37 heavy (non-hydrogen) atoms. The van der Waals surface area contributed by atoms with Gasteiger partial charge in [-0.3, -0.25) is 9.59 Å². The molecule has 3 atom stereocenters. The van der Waals surface area contributed by atoms with E-state index in [1.54, 1.807) is 37.3 Å². The van der Waals surface area contributed by atoms with Crippen LogP contribution in [0.5, 0.6) is 5.75 Å². The molecule has 4 rings (SSSR count). The predicted octanol–water partition coefficient (Wildman–Crippen LogP) is 5.50. The first-order chi connectivity index (χ1) is 17.2. The van der Waals surface area contributed by atoms with Crippen molar-refractivity contribution < 1.29 is 14.7 Å². The van der Waals surface area contributed by atoms with Gasteiger partial charge in [-0.2, -0.15) is 0 Å². The minimum atomic E-state index is -0.718. The van der Waals surface area contributed by atoms with Gasteiger partial charge in [-0.05, 0) is 80.1 Å². The average molecular weight is 583 g/mol. The smallest absolute Gasteiger partial charge is 0.242 e. The number of benzene rings is 2. The van der Waals surface area contributed by atoms with Crippen molar-refractivity contribution in [2.24, 2.45) is 5.92 Å². The number of halogens is 3. The lowest BCUT2D eigenvalue weighted by molar-refractivity contribution is -0.129. The zero-order valence-corrected chi connectivity index (χ0v) is 23.7. The molecule has 10 heteroatoms. The Morgan fingerprint density at radius 3 is 2.65 bits per heavy atom. The lowest BCUT2D eigenvalue weighted by Gasteiger charge is -2.18. The van der Waals surface area contributed by atoms with Crippen molar-refractivity contribution in [3.05, 3.63) is 74.6 Å². The van der Waals surface area contributed by atoms with E-state index in [1.807, 2.05) is 24.3 Å². The van der Waals surface area contributed by atoms with Crippen molar-refractivity contribution in [3.63, 3.8) is 0 Å². The van der Waals surface area contributed by atoms with E-state index in [9.17, 15) is 14.7 Å². The van der Waals surface area contributed by atoms with Gasteiger partial charge in [0.25, 0.3) is 0 Å². The van der Waals surface area contributed by atoms with Gasteiger partial charge in [0.2, 0.25) is 11.8 Å². The van der Waals surface area contributed by atoms with E-state index in [0.717, 1.165) is 22.2 Å². The molecule has 6 nitrogen and oxygen atoms in total. The van der Waals surface area contributed by atoms with Crippen LogP contribution >= 0.6 is 46.9 Å². The van der Waals surface area contributed by atoms with Crippen LogP contribution in [0.1, 0.15) is 30.0 Å². The maximum absolute atomic E-state index is 12.8. The standard InChI is InChI=1S/C27H29Cl2N3O3S.ClH/c1-15-9-20(28)12-19(25(15)33)14-31-26(34)16(2)32-27(35)22-11-17(13-30-22)10-18-5-3-4-6-21(18)23-7-8-24(29)36-23;/h3-9,12,16-17,22,30,33H,10-11,13-14H2,1-2H3,(H,31,34)(H,32,35);1H/t16-,17-,22+;/m0./s1. The maximum atomic E-state index is 12.8. The minimum absolute atomic E-state index is 0. The number of hydrogen-bond acceptors (Lipinski definition) is 5. The average Bonchev–Trinajstić information content (AvgIpc) is 3.49. The van der Waals surface area contributed by atoms with Gasteiger partial charge in [0.15, 0.2) is 0 Å². The minimum Gasteiger partial charge on any atom is -0.507 e. The van der Waals surface area contributed by atoms with Crippen LogP contribution in [0.25, 0.3) is 10.4 Å². The Morgan fingerprint density at radius 2 is 1.92 bits per heavy atom. The Bertz CT molecular complexity index is 1270. The molecule has 198 valence electrons. The molecule has 0 radical (unpaired) electrons. The number of phenols is 1. The monoisotopic (exact) mass is 581 g/mol. The van der Waals surface area contributed by atoms with Crippen molar-refractivity contribution in [1.82, 2.24) is 16.0 Å². The predicted molar refractivity (Wildman–Crippen MR) is 153 cm³/mol. The third-order valence-corrected chi connectivity index (χ3v) is 7.94. The van der Waals surface area contributed by atoms with E-state index in [2.05, 4.69) is 28.1 Å². The molecule has 0 bridgehead atoms. The van der Waals surface area contributed by atoms with Gasteiger partial charge in [0.1, 0.15) is 11.8 Å². The number of nitrogens with one attached hydrogen (secondary N) is 3. The Morgan fingerprint density at radius 1 is 1.16 bits per heavy atom. The molecule has 0 spiro atoms. The molecule has 0 aliphatic carbocycles. The third kappa shape index (κ3) is 7.39. The quantitative estimate of drug-likeness (QED) is 0.282. The molecule has 0 saturated carbocycles. The highest BCUT2D eigenvalue weighted by molar-refractivity contribution is 7.19. The fourth-order valence-electron chi connectivity index (χ4n) is 4.53. The van der Waals surface area contributed by atoms with E-state index < -0.39 is 6.04 Å². The van der Waals surface area contributed by atoms with Gasteiger partial charge in [-0.25, -0.2) is 0 Å². The molecule has 4 N–H and O–H groups in total. The third-order valence-electron chi connectivity index (χ3n) is 6.45. The highest BCUT2D eigenvalue weighted by atomic mass is 35.5. The summed E-state index contributed by atoms with van der Waals surface area (Å²) in [6.45, 7) is 4.23. The fraction of sp³-hybridized carbons (Fsp3) is 0.333. The molecule has 1 aliphatic heterocycles. The van der Waals surface area contributed by atoms with Gasteiger partial charge in [-0.15, -0.1) is 23.7 Å². The first kappa shape index (κ1) is 29.3. The van der Waals surface area contributed by atoms with Crippen LogP contribution in [0.3, 0.4) is 0 Å². The number of carbonyl (C=O) groups excluding carboxylic acids is 2. The number of phenolic OH excluding ortho intramolecular Hbond substituents is 1. The van der Waals surface area contributed by atoms with Crippen LogP contribution in [0.2, 0.25) is 9.36 Å². The molecule has 2 amide bonds. The summed E-state index contributed by atoms with van der Waals surface area (Å²) in [6, 6.07) is 14.4. The fourth-order valence-corrected chi connectivity index (χ4v) is 5.93. The molecular weight excluding hydrogens is 553 g/mol. The van der Waals surface area contributed by atoms with Gasteiger partial charge >= 0.3 is 0 Å². The first-order valence-electron chi connectivity index (χ1n) is 11.8. The van der Waals surface area contributed by atoms with E-state index >= 15 is 0 Å². The van der Waals surface area contributed by atoms with E-state index in [4.69, 9.17) is 23.2 Å². The lowest BCUT2D eigenvalue weighted by Crippen LogP contribution is -2.49. The Hall–Kier alpha value is -2.29. The molecule has 1 aliphatic rings. The molecule has 1 fully saturated rings. The van der Waals surface area contributed by atoms with Crippen molar-refractivity contribution in [1.29, 1.82) is 0 Å². The maximum Gasteiger partial charge on any atom is 0.242 e. The zero-order valence-electron chi connectivity index (χ0n) is 20.5.